The van der Waals surface area contributed by atoms with E-state index in [1.807, 2.05) is 62.9 Å². The van der Waals surface area contributed by atoms with Crippen LogP contribution in [0.2, 0.25) is 0 Å². The fourth-order valence-corrected chi connectivity index (χ4v) is 7.93. The van der Waals surface area contributed by atoms with Gasteiger partial charge in [-0.3, -0.25) is 9.69 Å². The van der Waals surface area contributed by atoms with Crippen LogP contribution in [0.3, 0.4) is 0 Å². The molecule has 1 aliphatic carbocycles. The summed E-state index contributed by atoms with van der Waals surface area (Å²) in [7, 11) is 0. The van der Waals surface area contributed by atoms with Gasteiger partial charge in [-0.15, -0.1) is 0 Å². The molecule has 2 saturated heterocycles. The lowest BCUT2D eigenvalue weighted by molar-refractivity contribution is -0.132. The summed E-state index contributed by atoms with van der Waals surface area (Å²) in [5.41, 5.74) is 0.721. The first-order valence-electron chi connectivity index (χ1n) is 15.0. The van der Waals surface area contributed by atoms with Crippen LogP contribution in [0.4, 0.5) is 4.79 Å². The summed E-state index contributed by atoms with van der Waals surface area (Å²) in [6, 6.07) is 9.14. The first kappa shape index (κ1) is 30.2. The lowest BCUT2D eigenvalue weighted by Crippen LogP contribution is -2.60. The molecule has 8 heteroatoms. The minimum Gasteiger partial charge on any atom is -0.445 e. The summed E-state index contributed by atoms with van der Waals surface area (Å²) >= 11 is 1.86. The molecule has 7 atom stereocenters. The fourth-order valence-electron chi connectivity index (χ4n) is 6.61. The van der Waals surface area contributed by atoms with Crippen molar-refractivity contribution in [3.8, 4) is 0 Å². The van der Waals surface area contributed by atoms with E-state index in [1.54, 1.807) is 0 Å². The predicted molar refractivity (Wildman–Crippen MR) is 158 cm³/mol. The second-order valence-electron chi connectivity index (χ2n) is 12.8. The molecule has 2 aliphatic heterocycles. The van der Waals surface area contributed by atoms with Crippen molar-refractivity contribution >= 4 is 23.8 Å². The topological polar surface area (TPSA) is 90.9 Å². The van der Waals surface area contributed by atoms with E-state index < -0.39 is 18.2 Å². The van der Waals surface area contributed by atoms with Crippen LogP contribution < -0.4 is 10.6 Å². The number of carbonyl (C=O) groups is 2. The predicted octanol–water partition coefficient (Wildman–Crippen LogP) is 4.76. The third-order valence-corrected chi connectivity index (χ3v) is 10.1. The number of hydrogen-bond donors (Lipinski definition) is 3. The Labute approximate surface area is 239 Å². The number of piperidine rings is 1. The van der Waals surface area contributed by atoms with E-state index in [9.17, 15) is 14.7 Å². The van der Waals surface area contributed by atoms with Gasteiger partial charge in [0, 0.05) is 23.9 Å². The first-order valence-corrected chi connectivity index (χ1v) is 16.0. The minimum absolute atomic E-state index is 0.0371. The normalized spacial score (nSPS) is 29.2. The molecule has 0 bridgehead atoms. The van der Waals surface area contributed by atoms with Gasteiger partial charge in [-0.1, -0.05) is 56.5 Å². The number of aliphatic hydroxyl groups excluding tert-OH is 1. The average molecular weight is 560 g/mol. The van der Waals surface area contributed by atoms with E-state index in [0.717, 1.165) is 37.1 Å². The zero-order valence-electron chi connectivity index (χ0n) is 24.2. The van der Waals surface area contributed by atoms with Gasteiger partial charge in [-0.2, -0.15) is 11.8 Å². The van der Waals surface area contributed by atoms with E-state index in [-0.39, 0.29) is 23.6 Å². The molecule has 39 heavy (non-hydrogen) atoms. The summed E-state index contributed by atoms with van der Waals surface area (Å²) < 4.78 is 5.85. The quantitative estimate of drug-likeness (QED) is 0.404. The van der Waals surface area contributed by atoms with Crippen LogP contribution in [0.5, 0.6) is 0 Å². The third kappa shape index (κ3) is 8.61. The van der Waals surface area contributed by atoms with Crippen molar-refractivity contribution in [2.75, 3.05) is 18.8 Å². The van der Waals surface area contributed by atoms with E-state index in [0.29, 0.717) is 30.1 Å². The molecule has 218 valence electrons. The maximum absolute atomic E-state index is 13.4. The Morgan fingerprint density at radius 3 is 2.54 bits per heavy atom. The molecule has 2 heterocycles. The van der Waals surface area contributed by atoms with Crippen LogP contribution in [0.25, 0.3) is 0 Å². The molecule has 7 nitrogen and oxygen atoms in total. The molecular weight excluding hydrogens is 510 g/mol. The lowest BCUT2D eigenvalue weighted by Gasteiger charge is -2.47. The van der Waals surface area contributed by atoms with Crippen LogP contribution in [0, 0.1) is 11.8 Å². The molecule has 3 N–H and O–H groups in total. The number of ether oxygens (including phenoxy) is 1. The van der Waals surface area contributed by atoms with Crippen LogP contribution in [-0.2, 0) is 16.0 Å². The first-order chi connectivity index (χ1) is 18.6. The van der Waals surface area contributed by atoms with Crippen LogP contribution >= 0.6 is 11.8 Å². The van der Waals surface area contributed by atoms with Crippen molar-refractivity contribution in [2.24, 2.45) is 11.8 Å². The zero-order chi connectivity index (χ0) is 28.0. The van der Waals surface area contributed by atoms with Crippen molar-refractivity contribution in [3.05, 3.63) is 35.9 Å². The van der Waals surface area contributed by atoms with Gasteiger partial charge in [0.25, 0.3) is 0 Å². The number of hydrogen-bond acceptors (Lipinski definition) is 6. The molecule has 4 rings (SSSR count). The highest BCUT2D eigenvalue weighted by molar-refractivity contribution is 8.00. The monoisotopic (exact) mass is 559 g/mol. The van der Waals surface area contributed by atoms with Crippen molar-refractivity contribution in [3.63, 3.8) is 0 Å². The summed E-state index contributed by atoms with van der Waals surface area (Å²) in [6.45, 7) is 9.29. The number of nitrogens with zero attached hydrogens (tertiary/aromatic N) is 1. The van der Waals surface area contributed by atoms with Gasteiger partial charge in [0.05, 0.1) is 18.2 Å². The van der Waals surface area contributed by atoms with Crippen LogP contribution in [0.1, 0.15) is 78.2 Å². The summed E-state index contributed by atoms with van der Waals surface area (Å²) in [5.74, 6) is 2.16. The lowest BCUT2D eigenvalue weighted by atomic mass is 9.72. The molecule has 0 aromatic heterocycles. The van der Waals surface area contributed by atoms with Crippen molar-refractivity contribution in [1.82, 2.24) is 15.5 Å². The zero-order valence-corrected chi connectivity index (χ0v) is 25.1. The van der Waals surface area contributed by atoms with Gasteiger partial charge in [-0.05, 0) is 76.0 Å². The third-order valence-electron chi connectivity index (χ3n) is 8.60. The number of β-amino-alcohol motifs (C(OH)–C–C–N with tert-alkyl or cyclic N) is 1. The van der Waals surface area contributed by atoms with Crippen molar-refractivity contribution in [2.45, 2.75) is 114 Å². The number of amides is 2. The number of fused-ring (bicyclic) bond motifs is 1. The van der Waals surface area contributed by atoms with Gasteiger partial charge in [0.1, 0.15) is 6.10 Å². The van der Waals surface area contributed by atoms with E-state index >= 15 is 0 Å². The molecule has 3 fully saturated rings. The Morgan fingerprint density at radius 1 is 1.13 bits per heavy atom. The smallest absolute Gasteiger partial charge is 0.407 e. The number of carbonyl (C=O) groups excluding carboxylic acids is 2. The van der Waals surface area contributed by atoms with Gasteiger partial charge in [-0.25, -0.2) is 4.79 Å². The van der Waals surface area contributed by atoms with Gasteiger partial charge >= 0.3 is 6.09 Å². The summed E-state index contributed by atoms with van der Waals surface area (Å²) in [5, 5.41) is 18.1. The Kier molecular flexibility index (Phi) is 10.6. The molecule has 0 spiro atoms. The molecule has 3 aliphatic rings. The second kappa shape index (κ2) is 13.7. The second-order valence-corrected chi connectivity index (χ2v) is 14.2. The largest absolute Gasteiger partial charge is 0.445 e. The Hall–Kier alpha value is -1.77. The SMILES string of the molecule is CC[C@@H]1SCC[C@@H]1OC(=O)N[C@@H](Cc1ccccc1)[C@H](O)CN1C[C@H]2CCCC[C@H]2C[C@H]1C(=O)NC(C)(C)C. The highest BCUT2D eigenvalue weighted by Crippen LogP contribution is 2.39. The Morgan fingerprint density at radius 2 is 1.85 bits per heavy atom. The Balaban J connectivity index is 1.48. The average Bonchev–Trinajstić information content (AvgIpc) is 3.34. The summed E-state index contributed by atoms with van der Waals surface area (Å²) in [4.78, 5) is 28.7. The van der Waals surface area contributed by atoms with E-state index in [1.165, 1.54) is 25.7 Å². The molecule has 0 radical (unpaired) electrons. The number of likely N-dealkylation sites (tertiary alicyclic amines) is 1. The Bertz CT molecular complexity index is 940. The molecule has 1 aromatic rings. The van der Waals surface area contributed by atoms with Crippen molar-refractivity contribution < 1.29 is 19.4 Å². The number of alkyl carbamates (subject to hydrolysis) is 1. The number of nitrogens with one attached hydrogen (secondary N) is 2. The van der Waals surface area contributed by atoms with Crippen molar-refractivity contribution in [1.29, 1.82) is 0 Å². The van der Waals surface area contributed by atoms with Crippen LogP contribution in [0.15, 0.2) is 30.3 Å². The van der Waals surface area contributed by atoms with E-state index in [2.05, 4.69) is 22.5 Å². The fraction of sp³-hybridized carbons (Fsp3) is 0.742. The molecular formula is C31H49N3O4S. The maximum Gasteiger partial charge on any atom is 0.407 e. The minimum atomic E-state index is -0.845. The van der Waals surface area contributed by atoms with Crippen LogP contribution in [-0.4, -0.2) is 75.9 Å². The van der Waals surface area contributed by atoms with E-state index in [4.69, 9.17) is 4.74 Å². The highest BCUT2D eigenvalue weighted by Gasteiger charge is 2.42. The highest BCUT2D eigenvalue weighted by atomic mass is 32.2. The number of thioether (sulfide) groups is 1. The number of rotatable bonds is 9. The number of aliphatic hydroxyl groups is 1. The van der Waals surface area contributed by atoms with Gasteiger partial charge < -0.3 is 20.5 Å². The molecule has 1 saturated carbocycles. The standard InChI is InChI=1S/C31H49N3O4S/c1-5-28-27(15-16-39-28)38-30(37)32-24(17-21-11-7-6-8-12-21)26(35)20-34-19-23-14-10-9-13-22(23)18-25(34)29(36)33-31(2,3)4/h6-8,11-12,22-28,35H,5,9-10,13-20H2,1-4H3,(H,32,37)(H,33,36)/t22-,23+,24-,25-,26+,27-,28-/m0/s1. The molecule has 0 unspecified atom stereocenters. The molecule has 2 amide bonds. The number of benzene rings is 1. The molecule has 1 aromatic carbocycles. The van der Waals surface area contributed by atoms with Gasteiger partial charge in [0.2, 0.25) is 5.91 Å². The maximum atomic E-state index is 13.4. The summed E-state index contributed by atoms with van der Waals surface area (Å²) in [6.07, 6.45) is 6.59. The van der Waals surface area contributed by atoms with Gasteiger partial charge in [0.15, 0.2) is 0 Å².